The monoisotopic (exact) mass is 220 g/mol. The Bertz CT molecular complexity index is 196. The maximum Gasteiger partial charge on any atom is 1.00 e. The van der Waals surface area contributed by atoms with Crippen molar-refractivity contribution in [3.8, 4) is 0 Å². The minimum absolute atomic E-state index is 0. The fourth-order valence-corrected chi connectivity index (χ4v) is 3.00. The van der Waals surface area contributed by atoms with Crippen molar-refractivity contribution in [3.63, 3.8) is 0 Å². The van der Waals surface area contributed by atoms with Crippen molar-refractivity contribution >= 4 is 0 Å². The van der Waals surface area contributed by atoms with Gasteiger partial charge in [0, 0.05) is 12.6 Å². The van der Waals surface area contributed by atoms with Crippen LogP contribution in [0.3, 0.4) is 0 Å². The molecule has 1 heterocycles. The second-order valence-corrected chi connectivity index (χ2v) is 5.12. The third kappa shape index (κ3) is 2.45. The van der Waals surface area contributed by atoms with Crippen LogP contribution in [0.4, 0.5) is 0 Å². The zero-order valence-corrected chi connectivity index (χ0v) is 13.0. The molecule has 2 atom stereocenters. The van der Waals surface area contributed by atoms with Crippen LogP contribution in [0.5, 0.6) is 0 Å². The molecule has 1 spiro atoms. The van der Waals surface area contributed by atoms with Crippen LogP contribution < -0.4 is 51.4 Å². The topological polar surface area (TPSA) is 27.0 Å². The molecule has 0 aromatic carbocycles. The van der Waals surface area contributed by atoms with E-state index in [2.05, 4.69) is 18.7 Å². The largest absolute Gasteiger partial charge is 1.00 e. The molecule has 1 aliphatic heterocycles. The number of hydrogen-bond donors (Lipinski definition) is 0. The third-order valence-corrected chi connectivity index (χ3v) is 4.05. The molecule has 2 nitrogen and oxygen atoms in total. The van der Waals surface area contributed by atoms with Gasteiger partial charge >= 0.3 is 51.4 Å². The summed E-state index contributed by atoms with van der Waals surface area (Å²) in [5.74, 6) is 0. The number of hydrogen-bond acceptors (Lipinski definition) is 1. The zero-order chi connectivity index (χ0) is 9.47. The first-order chi connectivity index (χ1) is 6.14. The van der Waals surface area contributed by atoms with Crippen LogP contribution in [0.1, 0.15) is 39.5 Å². The molecule has 0 amide bonds. The van der Waals surface area contributed by atoms with Gasteiger partial charge in [-0.3, -0.25) is 0 Å². The molecule has 2 rings (SSSR count). The molecule has 1 saturated heterocycles. The van der Waals surface area contributed by atoms with Crippen LogP contribution in [-0.2, 0) is 0 Å². The number of rotatable bonds is 1. The Kier molecular flexibility index (Phi) is 5.12. The first-order valence-corrected chi connectivity index (χ1v) is 5.59. The van der Waals surface area contributed by atoms with Gasteiger partial charge in [-0.2, -0.15) is 0 Å². The Balaban J connectivity index is 0.000000980. The van der Waals surface area contributed by atoms with E-state index in [0.717, 1.165) is 6.42 Å². The molecule has 0 aromatic rings. The number of likely N-dealkylation sites (tertiary alicyclic amines) is 1. The molecule has 1 N–H and O–H groups in total. The third-order valence-electron chi connectivity index (χ3n) is 4.05. The predicted molar refractivity (Wildman–Crippen MR) is 55.7 cm³/mol. The molecule has 0 radical (unpaired) electrons. The summed E-state index contributed by atoms with van der Waals surface area (Å²) in [5, 5.41) is 0. The van der Waals surface area contributed by atoms with E-state index in [1.807, 2.05) is 0 Å². The zero-order valence-electron chi connectivity index (χ0n) is 9.84. The predicted octanol–water partition coefficient (Wildman–Crippen LogP) is -0.304. The van der Waals surface area contributed by atoms with Gasteiger partial charge in [0.2, 0.25) is 0 Å². The molecule has 0 aromatic heterocycles. The summed E-state index contributed by atoms with van der Waals surface area (Å²) in [6, 6.07) is 0.906. The average molecular weight is 220 g/mol. The summed E-state index contributed by atoms with van der Waals surface area (Å²) in [6.07, 6.45) is 5.02. The van der Waals surface area contributed by atoms with Gasteiger partial charge in [0.15, 0.2) is 0 Å². The molecule has 0 bridgehead atoms. The van der Waals surface area contributed by atoms with Crippen LogP contribution in [-0.4, -0.2) is 30.1 Å². The van der Waals surface area contributed by atoms with E-state index >= 15 is 0 Å². The van der Waals surface area contributed by atoms with Crippen LogP contribution in [0.2, 0.25) is 0 Å². The van der Waals surface area contributed by atoms with Crippen LogP contribution in [0.25, 0.3) is 5.73 Å². The van der Waals surface area contributed by atoms with E-state index in [-0.39, 0.29) is 57.4 Å². The molecule has 1 saturated carbocycles. The van der Waals surface area contributed by atoms with Gasteiger partial charge in [-0.05, 0) is 38.6 Å². The van der Waals surface area contributed by atoms with Gasteiger partial charge in [-0.25, -0.2) is 0 Å². The molecular formula is C11H21KN2. The van der Waals surface area contributed by atoms with E-state index in [0.29, 0.717) is 11.5 Å². The molecule has 2 unspecified atom stereocenters. The molecule has 1 aliphatic carbocycles. The van der Waals surface area contributed by atoms with E-state index in [4.69, 9.17) is 5.73 Å². The first kappa shape index (κ1) is 13.6. The smallest absolute Gasteiger partial charge is 0.674 e. The first-order valence-electron chi connectivity index (χ1n) is 5.59. The van der Waals surface area contributed by atoms with Crippen molar-refractivity contribution in [2.75, 3.05) is 13.1 Å². The Morgan fingerprint density at radius 1 is 1.36 bits per heavy atom. The fourth-order valence-electron chi connectivity index (χ4n) is 3.00. The molecule has 2 fully saturated rings. The van der Waals surface area contributed by atoms with Gasteiger partial charge in [-0.15, -0.1) is 6.04 Å². The second-order valence-electron chi connectivity index (χ2n) is 5.12. The minimum atomic E-state index is 0. The van der Waals surface area contributed by atoms with Crippen LogP contribution >= 0.6 is 0 Å². The van der Waals surface area contributed by atoms with Crippen molar-refractivity contribution in [2.45, 2.75) is 51.6 Å². The maximum atomic E-state index is 8.08. The number of nitrogens with zero attached hydrogens (tertiary/aromatic N) is 1. The Hall–Kier alpha value is 1.56. The normalized spacial score (nSPS) is 38.1. The number of nitrogens with one attached hydrogen (secondary N) is 1. The van der Waals surface area contributed by atoms with Gasteiger partial charge in [-0.1, -0.05) is 12.8 Å². The van der Waals surface area contributed by atoms with E-state index in [1.165, 1.54) is 32.4 Å². The van der Waals surface area contributed by atoms with Crippen molar-refractivity contribution in [1.29, 1.82) is 0 Å². The SMILES string of the molecule is CC(C)N1CCC2(CCCC2[NH-])C1.[K+]. The van der Waals surface area contributed by atoms with Crippen molar-refractivity contribution < 1.29 is 51.4 Å². The summed E-state index contributed by atoms with van der Waals surface area (Å²) in [6.45, 7) is 6.96. The molecule has 2 aliphatic rings. The Labute approximate surface area is 130 Å². The second kappa shape index (κ2) is 5.26. The molecule has 3 heteroatoms. The van der Waals surface area contributed by atoms with Crippen molar-refractivity contribution in [1.82, 2.24) is 4.90 Å². The van der Waals surface area contributed by atoms with E-state index in [1.54, 1.807) is 0 Å². The summed E-state index contributed by atoms with van der Waals surface area (Å²) in [5.41, 5.74) is 8.47. The van der Waals surface area contributed by atoms with E-state index < -0.39 is 0 Å². The summed E-state index contributed by atoms with van der Waals surface area (Å²) >= 11 is 0. The van der Waals surface area contributed by atoms with Crippen LogP contribution in [0.15, 0.2) is 0 Å². The average Bonchev–Trinajstić information content (AvgIpc) is 2.63. The van der Waals surface area contributed by atoms with E-state index in [9.17, 15) is 0 Å². The summed E-state index contributed by atoms with van der Waals surface area (Å²) in [7, 11) is 0. The molecule has 76 valence electrons. The minimum Gasteiger partial charge on any atom is -0.674 e. The Morgan fingerprint density at radius 2 is 2.07 bits per heavy atom. The van der Waals surface area contributed by atoms with Crippen molar-refractivity contribution in [2.24, 2.45) is 5.41 Å². The molecular weight excluding hydrogens is 199 g/mol. The van der Waals surface area contributed by atoms with Crippen LogP contribution in [0, 0.1) is 5.41 Å². The standard InChI is InChI=1S/C11H21N2.K/c1-9(2)13-7-6-11(8-13)5-3-4-10(11)12;/h9-10,12H,3-8H2,1-2H3;/q-1;+1. The fraction of sp³-hybridized carbons (Fsp3) is 1.00. The molecule has 14 heavy (non-hydrogen) atoms. The Morgan fingerprint density at radius 3 is 2.50 bits per heavy atom. The summed E-state index contributed by atoms with van der Waals surface area (Å²) in [4.78, 5) is 2.55. The maximum absolute atomic E-state index is 8.08. The quantitative estimate of drug-likeness (QED) is 0.557. The summed E-state index contributed by atoms with van der Waals surface area (Å²) < 4.78 is 0. The van der Waals surface area contributed by atoms with Gasteiger partial charge in [0.05, 0.1) is 0 Å². The van der Waals surface area contributed by atoms with Gasteiger partial charge < -0.3 is 10.6 Å². The van der Waals surface area contributed by atoms with Crippen molar-refractivity contribution in [3.05, 3.63) is 5.73 Å². The van der Waals surface area contributed by atoms with Gasteiger partial charge in [0.1, 0.15) is 0 Å². The van der Waals surface area contributed by atoms with Gasteiger partial charge in [0.25, 0.3) is 0 Å².